The summed E-state index contributed by atoms with van der Waals surface area (Å²) in [5.74, 6) is -1.29. The number of carbonyl (C=O) groups excluding carboxylic acids is 1. The Labute approximate surface area is 163 Å². The molecule has 0 spiro atoms. The summed E-state index contributed by atoms with van der Waals surface area (Å²) in [6.07, 6.45) is 0.758. The Bertz CT molecular complexity index is 939. The summed E-state index contributed by atoms with van der Waals surface area (Å²) in [5, 5.41) is 9.12. The number of anilines is 1. The molecule has 144 valence electrons. The maximum Gasteiger partial charge on any atom is 0.303 e. The number of rotatable bonds is 9. The van der Waals surface area contributed by atoms with Crippen molar-refractivity contribution in [1.29, 1.82) is 0 Å². The molecule has 2 N–H and O–H groups in total. The smallest absolute Gasteiger partial charge is 0.303 e. The number of aryl methyl sites for hydroxylation is 1. The predicted molar refractivity (Wildman–Crippen MR) is 104 cm³/mol. The number of hydrogen-bond donors (Lipinski definition) is 2. The Balaban J connectivity index is 2.32. The molecule has 0 amide bonds. The molecular formula is C19H20ClNO5S. The molecule has 0 atom stereocenters. The third-order valence-corrected chi connectivity index (χ3v) is 5.59. The summed E-state index contributed by atoms with van der Waals surface area (Å²) in [5.41, 5.74) is 1.27. The number of carboxylic acids is 1. The highest BCUT2D eigenvalue weighted by Crippen LogP contribution is 2.25. The quantitative estimate of drug-likeness (QED) is 0.606. The van der Waals surface area contributed by atoms with Gasteiger partial charge >= 0.3 is 5.97 Å². The average Bonchev–Trinajstić information content (AvgIpc) is 2.61. The molecule has 0 aliphatic rings. The van der Waals surface area contributed by atoms with Gasteiger partial charge in [0.1, 0.15) is 0 Å². The van der Waals surface area contributed by atoms with Gasteiger partial charge in [-0.3, -0.25) is 14.3 Å². The van der Waals surface area contributed by atoms with Crippen molar-refractivity contribution in [3.8, 4) is 0 Å². The molecule has 0 aromatic heterocycles. The van der Waals surface area contributed by atoms with Crippen molar-refractivity contribution in [3.05, 3.63) is 58.6 Å². The van der Waals surface area contributed by atoms with Gasteiger partial charge in [-0.1, -0.05) is 24.6 Å². The molecule has 0 bridgehead atoms. The van der Waals surface area contributed by atoms with Crippen LogP contribution in [0.3, 0.4) is 0 Å². The molecule has 27 heavy (non-hydrogen) atoms. The molecule has 0 heterocycles. The van der Waals surface area contributed by atoms with E-state index in [-0.39, 0.29) is 41.2 Å². The summed E-state index contributed by atoms with van der Waals surface area (Å²) < 4.78 is 27.8. The molecule has 0 aliphatic carbocycles. The van der Waals surface area contributed by atoms with Gasteiger partial charge < -0.3 is 5.11 Å². The van der Waals surface area contributed by atoms with E-state index in [9.17, 15) is 18.0 Å². The number of aliphatic carboxylic acids is 1. The summed E-state index contributed by atoms with van der Waals surface area (Å²) in [6.45, 7) is 1.92. The van der Waals surface area contributed by atoms with Crippen molar-refractivity contribution in [3.63, 3.8) is 0 Å². The Morgan fingerprint density at radius 1 is 1.07 bits per heavy atom. The van der Waals surface area contributed by atoms with Crippen molar-refractivity contribution >= 4 is 39.1 Å². The number of ketones is 1. The van der Waals surface area contributed by atoms with Crippen LogP contribution >= 0.6 is 11.6 Å². The van der Waals surface area contributed by atoms with E-state index in [0.717, 1.165) is 5.56 Å². The Morgan fingerprint density at radius 2 is 1.74 bits per heavy atom. The second-order valence-corrected chi connectivity index (χ2v) is 8.08. The van der Waals surface area contributed by atoms with Crippen LogP contribution < -0.4 is 4.72 Å². The van der Waals surface area contributed by atoms with E-state index in [4.69, 9.17) is 16.7 Å². The third-order valence-electron chi connectivity index (χ3n) is 3.96. The van der Waals surface area contributed by atoms with Gasteiger partial charge in [0.15, 0.2) is 5.78 Å². The van der Waals surface area contributed by atoms with Crippen LogP contribution in [-0.4, -0.2) is 25.3 Å². The zero-order valence-corrected chi connectivity index (χ0v) is 16.3. The molecule has 0 saturated carbocycles. The maximum absolute atomic E-state index is 12.6. The molecule has 2 rings (SSSR count). The highest BCUT2D eigenvalue weighted by atomic mass is 35.5. The van der Waals surface area contributed by atoms with Gasteiger partial charge in [-0.25, -0.2) is 8.42 Å². The number of sulfonamides is 1. The van der Waals surface area contributed by atoms with Crippen molar-refractivity contribution in [1.82, 2.24) is 0 Å². The molecular weight excluding hydrogens is 390 g/mol. The first-order chi connectivity index (χ1) is 12.7. The summed E-state index contributed by atoms with van der Waals surface area (Å²) >= 11 is 5.80. The SMILES string of the molecule is CCc1ccc(C(=O)CCCC(=O)O)c(NS(=O)(=O)c2ccc(Cl)cc2)c1. The van der Waals surface area contributed by atoms with Crippen molar-refractivity contribution < 1.29 is 23.1 Å². The maximum atomic E-state index is 12.6. The van der Waals surface area contributed by atoms with E-state index in [1.807, 2.05) is 6.92 Å². The number of hydrogen-bond acceptors (Lipinski definition) is 4. The number of nitrogens with one attached hydrogen (secondary N) is 1. The lowest BCUT2D eigenvalue weighted by Gasteiger charge is -2.14. The summed E-state index contributed by atoms with van der Waals surface area (Å²) in [4.78, 5) is 23.1. The van der Waals surface area contributed by atoms with Gasteiger partial charge in [0.25, 0.3) is 10.0 Å². The number of carboxylic acid groups (broad SMARTS) is 1. The van der Waals surface area contributed by atoms with Crippen LogP contribution in [0.15, 0.2) is 47.4 Å². The average molecular weight is 410 g/mol. The second kappa shape index (κ2) is 9.01. The van der Waals surface area contributed by atoms with E-state index in [1.54, 1.807) is 18.2 Å². The zero-order valence-electron chi connectivity index (χ0n) is 14.7. The fourth-order valence-electron chi connectivity index (χ4n) is 2.49. The standard InChI is InChI=1S/C19H20ClNO5S/c1-2-13-6-11-16(18(22)4-3-5-19(23)24)17(12-13)21-27(25,26)15-9-7-14(20)8-10-15/h6-12,21H,2-5H2,1H3,(H,23,24). The van der Waals surface area contributed by atoms with Gasteiger partial charge in [-0.05, 0) is 54.8 Å². The fraction of sp³-hybridized carbons (Fsp3) is 0.263. The first kappa shape index (κ1) is 20.9. The Morgan fingerprint density at radius 3 is 2.33 bits per heavy atom. The number of carbonyl (C=O) groups is 2. The molecule has 6 nitrogen and oxygen atoms in total. The van der Waals surface area contributed by atoms with E-state index in [1.165, 1.54) is 24.3 Å². The number of halogens is 1. The first-order valence-electron chi connectivity index (χ1n) is 8.39. The molecule has 0 fully saturated rings. The first-order valence-corrected chi connectivity index (χ1v) is 10.3. The van der Waals surface area contributed by atoms with Crippen molar-refractivity contribution in [2.24, 2.45) is 0 Å². The highest BCUT2D eigenvalue weighted by Gasteiger charge is 2.19. The van der Waals surface area contributed by atoms with Crippen LogP contribution in [0.25, 0.3) is 0 Å². The molecule has 8 heteroatoms. The number of Topliss-reactive ketones (excluding diaryl/α,β-unsaturated/α-hetero) is 1. The minimum Gasteiger partial charge on any atom is -0.481 e. The Hall–Kier alpha value is -2.38. The van der Waals surface area contributed by atoms with E-state index >= 15 is 0 Å². The summed E-state index contributed by atoms with van der Waals surface area (Å²) in [7, 11) is -3.90. The highest BCUT2D eigenvalue weighted by molar-refractivity contribution is 7.92. The van der Waals surface area contributed by atoms with Crippen LogP contribution in [0, 0.1) is 0 Å². The van der Waals surface area contributed by atoms with E-state index in [2.05, 4.69) is 4.72 Å². The number of benzene rings is 2. The molecule has 0 saturated heterocycles. The van der Waals surface area contributed by atoms with Crippen LogP contribution in [0.2, 0.25) is 5.02 Å². The van der Waals surface area contributed by atoms with Crippen LogP contribution in [0.4, 0.5) is 5.69 Å². The zero-order chi connectivity index (χ0) is 20.0. The second-order valence-electron chi connectivity index (χ2n) is 5.96. The van der Waals surface area contributed by atoms with Crippen LogP contribution in [-0.2, 0) is 21.2 Å². The topological polar surface area (TPSA) is 101 Å². The Kier molecular flexibility index (Phi) is 6.98. The van der Waals surface area contributed by atoms with E-state index < -0.39 is 16.0 Å². The van der Waals surface area contributed by atoms with E-state index in [0.29, 0.717) is 11.4 Å². The van der Waals surface area contributed by atoms with Gasteiger partial charge in [0.05, 0.1) is 10.6 Å². The molecule has 0 unspecified atom stereocenters. The van der Waals surface area contributed by atoms with Gasteiger partial charge in [-0.2, -0.15) is 0 Å². The van der Waals surface area contributed by atoms with Gasteiger partial charge in [-0.15, -0.1) is 0 Å². The molecule has 2 aromatic carbocycles. The third kappa shape index (κ3) is 5.80. The normalized spacial score (nSPS) is 11.2. The minimum absolute atomic E-state index is 0.0213. The molecule has 0 aliphatic heterocycles. The van der Waals surface area contributed by atoms with Crippen LogP contribution in [0.5, 0.6) is 0 Å². The lowest BCUT2D eigenvalue weighted by molar-refractivity contribution is -0.137. The fourth-order valence-corrected chi connectivity index (χ4v) is 3.69. The largest absolute Gasteiger partial charge is 0.481 e. The monoisotopic (exact) mass is 409 g/mol. The van der Waals surface area contributed by atoms with Gasteiger partial charge in [0, 0.05) is 23.4 Å². The summed E-state index contributed by atoms with van der Waals surface area (Å²) in [6, 6.07) is 10.6. The van der Waals surface area contributed by atoms with Crippen molar-refractivity contribution in [2.75, 3.05) is 4.72 Å². The van der Waals surface area contributed by atoms with Crippen LogP contribution in [0.1, 0.15) is 42.1 Å². The molecule has 0 radical (unpaired) electrons. The van der Waals surface area contributed by atoms with Gasteiger partial charge in [0.2, 0.25) is 0 Å². The lowest BCUT2D eigenvalue weighted by atomic mass is 10.0. The predicted octanol–water partition coefficient (Wildman–Crippen LogP) is 4.14. The van der Waals surface area contributed by atoms with Crippen molar-refractivity contribution in [2.45, 2.75) is 37.5 Å². The minimum atomic E-state index is -3.90. The molecule has 2 aromatic rings. The lowest BCUT2D eigenvalue weighted by Crippen LogP contribution is -2.16.